The highest BCUT2D eigenvalue weighted by molar-refractivity contribution is 7.94. The monoisotopic (exact) mass is 393 g/mol. The summed E-state index contributed by atoms with van der Waals surface area (Å²) in [5, 5.41) is 2.57. The summed E-state index contributed by atoms with van der Waals surface area (Å²) in [6.07, 6.45) is 3.05. The molecule has 0 aromatic heterocycles. The molecule has 1 aromatic rings. The Labute approximate surface area is 158 Å². The van der Waals surface area contributed by atoms with Crippen LogP contribution in [0.3, 0.4) is 0 Å². The van der Waals surface area contributed by atoms with Gasteiger partial charge in [0.25, 0.3) is 5.91 Å². The molecule has 2 heterocycles. The van der Waals surface area contributed by atoms with Crippen molar-refractivity contribution in [2.75, 3.05) is 29.7 Å². The Morgan fingerprint density at radius 3 is 2.52 bits per heavy atom. The van der Waals surface area contributed by atoms with Gasteiger partial charge in [0.1, 0.15) is 0 Å². The fraction of sp³-hybridized carbons (Fsp3) is 0.500. The Morgan fingerprint density at radius 1 is 1.19 bits per heavy atom. The summed E-state index contributed by atoms with van der Waals surface area (Å²) >= 11 is 0. The SMILES string of the molecule is CC1CS(=O)(=O)N(c2cccc(C(=O)NCC(=O)N3CCCCC3)c2)C1=O. The van der Waals surface area contributed by atoms with E-state index >= 15 is 0 Å². The van der Waals surface area contributed by atoms with Gasteiger partial charge in [-0.1, -0.05) is 13.0 Å². The molecule has 3 amide bonds. The summed E-state index contributed by atoms with van der Waals surface area (Å²) in [7, 11) is -3.73. The lowest BCUT2D eigenvalue weighted by molar-refractivity contribution is -0.131. The number of hydrogen-bond acceptors (Lipinski definition) is 5. The number of sulfonamides is 1. The Bertz CT molecular complexity index is 862. The summed E-state index contributed by atoms with van der Waals surface area (Å²) in [5.41, 5.74) is 0.334. The first-order chi connectivity index (χ1) is 12.8. The van der Waals surface area contributed by atoms with Gasteiger partial charge >= 0.3 is 0 Å². The van der Waals surface area contributed by atoms with Crippen molar-refractivity contribution in [1.29, 1.82) is 0 Å². The topological polar surface area (TPSA) is 104 Å². The minimum atomic E-state index is -3.73. The Kier molecular flexibility index (Phi) is 5.50. The molecule has 9 heteroatoms. The number of likely N-dealkylation sites (tertiary alicyclic amines) is 1. The van der Waals surface area contributed by atoms with Crippen molar-refractivity contribution in [3.63, 3.8) is 0 Å². The van der Waals surface area contributed by atoms with Crippen molar-refractivity contribution in [2.24, 2.45) is 5.92 Å². The van der Waals surface area contributed by atoms with Gasteiger partial charge in [0, 0.05) is 18.7 Å². The van der Waals surface area contributed by atoms with E-state index in [2.05, 4.69) is 5.32 Å². The van der Waals surface area contributed by atoms with Gasteiger partial charge in [-0.05, 0) is 37.5 Å². The van der Waals surface area contributed by atoms with Crippen LogP contribution in [0.5, 0.6) is 0 Å². The van der Waals surface area contributed by atoms with Crippen LogP contribution in [0.1, 0.15) is 36.5 Å². The molecule has 1 atom stereocenters. The zero-order chi connectivity index (χ0) is 19.6. The fourth-order valence-electron chi connectivity index (χ4n) is 3.37. The number of anilines is 1. The molecule has 1 unspecified atom stereocenters. The van der Waals surface area contributed by atoms with Crippen molar-refractivity contribution in [2.45, 2.75) is 26.2 Å². The molecular formula is C18H23N3O5S. The van der Waals surface area contributed by atoms with Crippen LogP contribution < -0.4 is 9.62 Å². The highest BCUT2D eigenvalue weighted by atomic mass is 32.2. The molecule has 3 rings (SSSR count). The lowest BCUT2D eigenvalue weighted by atomic mass is 10.1. The van der Waals surface area contributed by atoms with Crippen LogP contribution in [-0.4, -0.2) is 56.4 Å². The lowest BCUT2D eigenvalue weighted by Crippen LogP contribution is -2.42. The molecule has 0 saturated carbocycles. The summed E-state index contributed by atoms with van der Waals surface area (Å²) in [6, 6.07) is 5.86. The molecule has 2 fully saturated rings. The van der Waals surface area contributed by atoms with E-state index < -0.39 is 27.8 Å². The molecule has 0 radical (unpaired) electrons. The maximum Gasteiger partial charge on any atom is 0.251 e. The molecular weight excluding hydrogens is 370 g/mol. The summed E-state index contributed by atoms with van der Waals surface area (Å²) in [5.74, 6) is -1.99. The van der Waals surface area contributed by atoms with Gasteiger partial charge in [-0.3, -0.25) is 14.4 Å². The Morgan fingerprint density at radius 2 is 1.89 bits per heavy atom. The second kappa shape index (κ2) is 7.67. The third-order valence-corrected chi connectivity index (χ3v) is 6.68. The van der Waals surface area contributed by atoms with Crippen molar-refractivity contribution in [1.82, 2.24) is 10.2 Å². The number of hydrogen-bond donors (Lipinski definition) is 1. The van der Waals surface area contributed by atoms with Crippen LogP contribution in [-0.2, 0) is 19.6 Å². The minimum absolute atomic E-state index is 0.110. The van der Waals surface area contributed by atoms with Gasteiger partial charge in [-0.2, -0.15) is 0 Å². The number of piperidine rings is 1. The van der Waals surface area contributed by atoms with Gasteiger partial charge in [0.2, 0.25) is 21.8 Å². The number of carbonyl (C=O) groups is 3. The first-order valence-electron chi connectivity index (χ1n) is 9.02. The highest BCUT2D eigenvalue weighted by Crippen LogP contribution is 2.28. The van der Waals surface area contributed by atoms with Gasteiger partial charge in [-0.15, -0.1) is 0 Å². The third-order valence-electron chi connectivity index (χ3n) is 4.81. The fourth-order valence-corrected chi connectivity index (χ4v) is 5.19. The van der Waals surface area contributed by atoms with E-state index in [9.17, 15) is 22.8 Å². The van der Waals surface area contributed by atoms with Crippen LogP contribution in [0.15, 0.2) is 24.3 Å². The second-order valence-corrected chi connectivity index (χ2v) is 8.82. The number of nitrogens with one attached hydrogen (secondary N) is 1. The number of carbonyl (C=O) groups excluding carboxylic acids is 3. The molecule has 1 N–H and O–H groups in total. The number of rotatable bonds is 4. The van der Waals surface area contributed by atoms with Crippen molar-refractivity contribution < 1.29 is 22.8 Å². The molecule has 2 saturated heterocycles. The number of nitrogens with zero attached hydrogens (tertiary/aromatic N) is 2. The van der Waals surface area contributed by atoms with Crippen molar-refractivity contribution >= 4 is 33.4 Å². The van der Waals surface area contributed by atoms with Gasteiger partial charge in [-0.25, -0.2) is 12.7 Å². The molecule has 8 nitrogen and oxygen atoms in total. The Hall–Kier alpha value is -2.42. The maximum atomic E-state index is 12.4. The lowest BCUT2D eigenvalue weighted by Gasteiger charge is -2.26. The third kappa shape index (κ3) is 4.13. The summed E-state index contributed by atoms with van der Waals surface area (Å²) in [4.78, 5) is 38.4. The highest BCUT2D eigenvalue weighted by Gasteiger charge is 2.42. The number of benzene rings is 1. The summed E-state index contributed by atoms with van der Waals surface area (Å²) < 4.78 is 25.2. The van der Waals surface area contributed by atoms with Gasteiger partial charge in [0.05, 0.1) is 23.9 Å². The van der Waals surface area contributed by atoms with Gasteiger partial charge in [0.15, 0.2) is 0 Å². The van der Waals surface area contributed by atoms with Crippen molar-refractivity contribution in [3.05, 3.63) is 29.8 Å². The molecule has 1 aromatic carbocycles. The zero-order valence-electron chi connectivity index (χ0n) is 15.2. The molecule has 27 heavy (non-hydrogen) atoms. The predicted octanol–water partition coefficient (Wildman–Crippen LogP) is 0.741. The van der Waals surface area contributed by atoms with E-state index in [0.717, 1.165) is 23.6 Å². The molecule has 0 bridgehead atoms. The van der Waals surface area contributed by atoms with E-state index in [1.165, 1.54) is 24.3 Å². The first kappa shape index (κ1) is 19.3. The van der Waals surface area contributed by atoms with Crippen LogP contribution in [0.2, 0.25) is 0 Å². The van der Waals surface area contributed by atoms with Crippen LogP contribution in [0.25, 0.3) is 0 Å². The Balaban J connectivity index is 1.69. The molecule has 0 spiro atoms. The van der Waals surface area contributed by atoms with E-state index in [1.54, 1.807) is 11.8 Å². The predicted molar refractivity (Wildman–Crippen MR) is 99.6 cm³/mol. The minimum Gasteiger partial charge on any atom is -0.343 e. The molecule has 0 aliphatic carbocycles. The van der Waals surface area contributed by atoms with E-state index in [4.69, 9.17) is 0 Å². The van der Waals surface area contributed by atoms with Crippen LogP contribution in [0, 0.1) is 5.92 Å². The second-order valence-electron chi connectivity index (χ2n) is 6.96. The van der Waals surface area contributed by atoms with Crippen LogP contribution in [0.4, 0.5) is 5.69 Å². The number of amides is 3. The van der Waals surface area contributed by atoms with Crippen LogP contribution >= 0.6 is 0 Å². The standard InChI is InChI=1S/C18H23N3O5S/c1-13-12-27(25,26)21(18(13)24)15-7-5-6-14(10-15)17(23)19-11-16(22)20-8-3-2-4-9-20/h5-7,10,13H,2-4,8-9,11-12H2,1H3,(H,19,23). The van der Waals surface area contributed by atoms with E-state index in [0.29, 0.717) is 13.1 Å². The largest absolute Gasteiger partial charge is 0.343 e. The summed E-state index contributed by atoms with van der Waals surface area (Å²) in [6.45, 7) is 2.86. The normalized spacial score (nSPS) is 22.0. The molecule has 146 valence electrons. The molecule has 2 aliphatic rings. The van der Waals surface area contributed by atoms with E-state index in [1.807, 2.05) is 0 Å². The smallest absolute Gasteiger partial charge is 0.251 e. The zero-order valence-corrected chi connectivity index (χ0v) is 16.0. The average Bonchev–Trinajstić information content (AvgIpc) is 2.87. The maximum absolute atomic E-state index is 12.4. The van der Waals surface area contributed by atoms with Crippen molar-refractivity contribution in [3.8, 4) is 0 Å². The first-order valence-corrected chi connectivity index (χ1v) is 10.6. The quantitative estimate of drug-likeness (QED) is 0.813. The van der Waals surface area contributed by atoms with Gasteiger partial charge < -0.3 is 10.2 Å². The average molecular weight is 393 g/mol. The van der Waals surface area contributed by atoms with E-state index in [-0.39, 0.29) is 29.5 Å². The molecule has 2 aliphatic heterocycles.